The van der Waals surface area contributed by atoms with Crippen molar-refractivity contribution in [2.75, 3.05) is 0 Å². The number of nitrogens with two attached hydrogens (primary N) is 1. The molecule has 0 spiro atoms. The van der Waals surface area contributed by atoms with Gasteiger partial charge in [0.05, 0.1) is 5.56 Å². The van der Waals surface area contributed by atoms with Crippen molar-refractivity contribution in [3.63, 3.8) is 0 Å². The topological polar surface area (TPSA) is 72.2 Å². The first-order valence-electron chi connectivity index (χ1n) is 8.40. The fourth-order valence-corrected chi connectivity index (χ4v) is 3.15. The van der Waals surface area contributed by atoms with Gasteiger partial charge in [-0.1, -0.05) is 48.5 Å². The van der Waals surface area contributed by atoms with E-state index in [0.29, 0.717) is 16.7 Å². The van der Waals surface area contributed by atoms with Crippen LogP contribution in [-0.2, 0) is 0 Å². The second-order valence-electron chi connectivity index (χ2n) is 6.33. The normalized spacial score (nSPS) is 20.4. The molecule has 24 heavy (non-hydrogen) atoms. The van der Waals surface area contributed by atoms with Gasteiger partial charge in [0, 0.05) is 23.2 Å². The minimum Gasteiger partial charge on any atom is -0.349 e. The zero-order chi connectivity index (χ0) is 16.9. The van der Waals surface area contributed by atoms with Crippen LogP contribution in [0.5, 0.6) is 0 Å². The molecule has 3 rings (SSSR count). The molecule has 4 nitrogen and oxygen atoms in total. The molecule has 124 valence electrons. The summed E-state index contributed by atoms with van der Waals surface area (Å²) in [5.41, 5.74) is 7.36. The SMILES string of the molecule is NC1CCC(NC(=O)c2ccccc2C(=O)c2ccccc2)CC1. The molecule has 1 aliphatic rings. The maximum Gasteiger partial charge on any atom is 0.252 e. The molecule has 0 unspecified atom stereocenters. The number of rotatable bonds is 4. The lowest BCUT2D eigenvalue weighted by molar-refractivity contribution is 0.0916. The lowest BCUT2D eigenvalue weighted by Gasteiger charge is -2.27. The van der Waals surface area contributed by atoms with E-state index in [1.807, 2.05) is 18.2 Å². The molecule has 0 atom stereocenters. The Morgan fingerprint density at radius 3 is 2.08 bits per heavy atom. The molecule has 0 bridgehead atoms. The van der Waals surface area contributed by atoms with E-state index in [1.165, 1.54) is 0 Å². The highest BCUT2D eigenvalue weighted by molar-refractivity contribution is 6.15. The van der Waals surface area contributed by atoms with Crippen LogP contribution in [-0.4, -0.2) is 23.8 Å². The predicted octanol–water partition coefficient (Wildman–Crippen LogP) is 2.92. The van der Waals surface area contributed by atoms with Crippen LogP contribution in [0.3, 0.4) is 0 Å². The van der Waals surface area contributed by atoms with E-state index in [9.17, 15) is 9.59 Å². The Bertz CT molecular complexity index is 719. The van der Waals surface area contributed by atoms with Crippen LogP contribution in [0, 0.1) is 0 Å². The zero-order valence-electron chi connectivity index (χ0n) is 13.6. The molecule has 2 aromatic rings. The van der Waals surface area contributed by atoms with Gasteiger partial charge in [-0.3, -0.25) is 9.59 Å². The van der Waals surface area contributed by atoms with Gasteiger partial charge < -0.3 is 11.1 Å². The van der Waals surface area contributed by atoms with Gasteiger partial charge in [-0.05, 0) is 31.7 Å². The summed E-state index contributed by atoms with van der Waals surface area (Å²) in [5.74, 6) is -0.317. The standard InChI is InChI=1S/C20H22N2O2/c21-15-10-12-16(13-11-15)22-20(24)18-9-5-4-8-17(18)19(23)14-6-2-1-3-7-14/h1-9,15-16H,10-13,21H2,(H,22,24). The third-order valence-electron chi connectivity index (χ3n) is 4.56. The zero-order valence-corrected chi connectivity index (χ0v) is 13.6. The minimum absolute atomic E-state index is 0.132. The second-order valence-corrected chi connectivity index (χ2v) is 6.33. The summed E-state index contributed by atoms with van der Waals surface area (Å²) in [4.78, 5) is 25.4. The van der Waals surface area contributed by atoms with E-state index >= 15 is 0 Å². The number of benzene rings is 2. The maximum absolute atomic E-state index is 12.7. The van der Waals surface area contributed by atoms with Crippen LogP contribution in [0.25, 0.3) is 0 Å². The van der Waals surface area contributed by atoms with Crippen molar-refractivity contribution in [3.05, 3.63) is 71.3 Å². The number of hydrogen-bond acceptors (Lipinski definition) is 3. The number of amides is 1. The predicted molar refractivity (Wildman–Crippen MR) is 94.0 cm³/mol. The molecular formula is C20H22N2O2. The molecule has 4 heteroatoms. The fourth-order valence-electron chi connectivity index (χ4n) is 3.15. The lowest BCUT2D eigenvalue weighted by Crippen LogP contribution is -2.40. The minimum atomic E-state index is -0.185. The molecule has 0 radical (unpaired) electrons. The Morgan fingerprint density at radius 1 is 0.833 bits per heavy atom. The van der Waals surface area contributed by atoms with Gasteiger partial charge in [0.15, 0.2) is 5.78 Å². The first kappa shape index (κ1) is 16.4. The van der Waals surface area contributed by atoms with Crippen molar-refractivity contribution < 1.29 is 9.59 Å². The van der Waals surface area contributed by atoms with Gasteiger partial charge >= 0.3 is 0 Å². The molecular weight excluding hydrogens is 300 g/mol. The Morgan fingerprint density at radius 2 is 1.42 bits per heavy atom. The second kappa shape index (κ2) is 7.41. The van der Waals surface area contributed by atoms with Crippen molar-refractivity contribution in [2.45, 2.75) is 37.8 Å². The van der Waals surface area contributed by atoms with Gasteiger partial charge in [-0.25, -0.2) is 0 Å². The Kier molecular flexibility index (Phi) is 5.06. The molecule has 2 aromatic carbocycles. The summed E-state index contributed by atoms with van der Waals surface area (Å²) in [6.45, 7) is 0. The van der Waals surface area contributed by atoms with Crippen LogP contribution in [0.15, 0.2) is 54.6 Å². The summed E-state index contributed by atoms with van der Waals surface area (Å²) in [5, 5.41) is 3.06. The monoisotopic (exact) mass is 322 g/mol. The van der Waals surface area contributed by atoms with Crippen LogP contribution in [0.2, 0.25) is 0 Å². The van der Waals surface area contributed by atoms with E-state index < -0.39 is 0 Å². The van der Waals surface area contributed by atoms with Gasteiger partial charge in [-0.2, -0.15) is 0 Å². The van der Waals surface area contributed by atoms with E-state index in [4.69, 9.17) is 5.73 Å². The quantitative estimate of drug-likeness (QED) is 0.850. The number of hydrogen-bond donors (Lipinski definition) is 2. The average molecular weight is 322 g/mol. The van der Waals surface area contributed by atoms with Crippen molar-refractivity contribution >= 4 is 11.7 Å². The molecule has 0 heterocycles. The first-order chi connectivity index (χ1) is 11.6. The highest BCUT2D eigenvalue weighted by Gasteiger charge is 2.23. The molecule has 3 N–H and O–H groups in total. The summed E-state index contributed by atoms with van der Waals surface area (Å²) in [7, 11) is 0. The Balaban J connectivity index is 1.79. The smallest absolute Gasteiger partial charge is 0.252 e. The van der Waals surface area contributed by atoms with Crippen LogP contribution < -0.4 is 11.1 Å². The number of carbonyl (C=O) groups is 2. The molecule has 0 saturated heterocycles. The van der Waals surface area contributed by atoms with E-state index in [1.54, 1.807) is 36.4 Å². The molecule has 0 aliphatic heterocycles. The van der Waals surface area contributed by atoms with Crippen LogP contribution in [0.1, 0.15) is 52.0 Å². The molecule has 1 aliphatic carbocycles. The number of nitrogens with one attached hydrogen (secondary N) is 1. The highest BCUT2D eigenvalue weighted by atomic mass is 16.2. The molecule has 1 saturated carbocycles. The third-order valence-corrected chi connectivity index (χ3v) is 4.56. The highest BCUT2D eigenvalue weighted by Crippen LogP contribution is 2.19. The summed E-state index contributed by atoms with van der Waals surface area (Å²) < 4.78 is 0. The summed E-state index contributed by atoms with van der Waals surface area (Å²) in [6.07, 6.45) is 3.63. The van der Waals surface area contributed by atoms with Gasteiger partial charge in [0.25, 0.3) is 5.91 Å². The average Bonchev–Trinajstić information content (AvgIpc) is 2.63. The van der Waals surface area contributed by atoms with Crippen LogP contribution >= 0.6 is 0 Å². The summed E-state index contributed by atoms with van der Waals surface area (Å²) in [6, 6.07) is 16.4. The molecule has 1 amide bonds. The van der Waals surface area contributed by atoms with E-state index in [0.717, 1.165) is 25.7 Å². The third kappa shape index (κ3) is 3.71. The maximum atomic E-state index is 12.7. The number of ketones is 1. The van der Waals surface area contributed by atoms with Crippen molar-refractivity contribution in [1.82, 2.24) is 5.32 Å². The molecule has 1 fully saturated rings. The number of carbonyl (C=O) groups excluding carboxylic acids is 2. The lowest BCUT2D eigenvalue weighted by atomic mass is 9.91. The first-order valence-corrected chi connectivity index (χ1v) is 8.40. The van der Waals surface area contributed by atoms with Crippen molar-refractivity contribution in [1.29, 1.82) is 0 Å². The molecule has 0 aromatic heterocycles. The van der Waals surface area contributed by atoms with Crippen LogP contribution in [0.4, 0.5) is 0 Å². The van der Waals surface area contributed by atoms with E-state index in [-0.39, 0.29) is 23.8 Å². The summed E-state index contributed by atoms with van der Waals surface area (Å²) >= 11 is 0. The van der Waals surface area contributed by atoms with Crippen molar-refractivity contribution in [3.8, 4) is 0 Å². The largest absolute Gasteiger partial charge is 0.349 e. The Labute approximate surface area is 142 Å². The van der Waals surface area contributed by atoms with Crippen molar-refractivity contribution in [2.24, 2.45) is 5.73 Å². The Hall–Kier alpha value is -2.46. The van der Waals surface area contributed by atoms with Gasteiger partial charge in [0.2, 0.25) is 0 Å². The van der Waals surface area contributed by atoms with Gasteiger partial charge in [0.1, 0.15) is 0 Å². The van der Waals surface area contributed by atoms with E-state index in [2.05, 4.69) is 5.32 Å². The van der Waals surface area contributed by atoms with Gasteiger partial charge in [-0.15, -0.1) is 0 Å². The fraction of sp³-hybridized carbons (Fsp3) is 0.300.